The lowest BCUT2D eigenvalue weighted by molar-refractivity contribution is -0.132. The van der Waals surface area contributed by atoms with Gasteiger partial charge in [0.1, 0.15) is 0 Å². The zero-order valence-corrected chi connectivity index (χ0v) is 13.3. The minimum atomic E-state index is 0.218. The summed E-state index contributed by atoms with van der Waals surface area (Å²) in [6, 6.07) is 8.40. The maximum absolute atomic E-state index is 12.5. The average molecular weight is 288 g/mol. The predicted molar refractivity (Wildman–Crippen MR) is 86.8 cm³/mol. The highest BCUT2D eigenvalue weighted by molar-refractivity contribution is 5.79. The molecule has 0 bridgehead atoms. The molecule has 1 aliphatic carbocycles. The summed E-state index contributed by atoms with van der Waals surface area (Å²) in [7, 11) is 1.96. The lowest BCUT2D eigenvalue weighted by Crippen LogP contribution is -2.40. The van der Waals surface area contributed by atoms with Crippen molar-refractivity contribution < 1.29 is 4.79 Å². The number of nitrogens with two attached hydrogens (primary N) is 1. The highest BCUT2D eigenvalue weighted by Crippen LogP contribution is 2.29. The third-order valence-corrected chi connectivity index (χ3v) is 5.01. The average Bonchev–Trinajstić information content (AvgIpc) is 2.54. The molecule has 1 fully saturated rings. The molecule has 0 aromatic heterocycles. The van der Waals surface area contributed by atoms with Crippen molar-refractivity contribution >= 4 is 5.91 Å². The molecule has 0 heterocycles. The van der Waals surface area contributed by atoms with E-state index in [1.165, 1.54) is 19.3 Å². The van der Waals surface area contributed by atoms with Gasteiger partial charge in [0, 0.05) is 19.6 Å². The Labute approximate surface area is 128 Å². The summed E-state index contributed by atoms with van der Waals surface area (Å²) in [6.45, 7) is 2.76. The molecular formula is C18H28N2O. The molecule has 2 N–H and O–H groups in total. The number of nitrogens with zero attached hydrogens (tertiary/aromatic N) is 1. The van der Waals surface area contributed by atoms with Crippen LogP contribution >= 0.6 is 0 Å². The number of carbonyl (C=O) groups excluding carboxylic acids is 1. The number of likely N-dealkylation sites (N-methyl/N-ethyl adjacent to an activating group) is 1. The lowest BCUT2D eigenvalue weighted by atomic mass is 9.84. The van der Waals surface area contributed by atoms with Crippen molar-refractivity contribution in [2.24, 2.45) is 11.7 Å². The van der Waals surface area contributed by atoms with Crippen LogP contribution < -0.4 is 5.73 Å². The molecule has 3 heteroatoms. The smallest absolute Gasteiger partial charge is 0.226 e. The molecular weight excluding hydrogens is 260 g/mol. The van der Waals surface area contributed by atoms with Crippen LogP contribution in [0.2, 0.25) is 0 Å². The van der Waals surface area contributed by atoms with Gasteiger partial charge in [-0.2, -0.15) is 0 Å². The Bertz CT molecular complexity index is 464. The first-order valence-electron chi connectivity index (χ1n) is 8.18. The molecule has 1 amide bonds. The Kier molecular flexibility index (Phi) is 5.80. The Morgan fingerprint density at radius 1 is 1.19 bits per heavy atom. The van der Waals surface area contributed by atoms with Crippen molar-refractivity contribution in [3.05, 3.63) is 35.4 Å². The molecule has 3 nitrogen and oxygen atoms in total. The van der Waals surface area contributed by atoms with Crippen LogP contribution in [0.4, 0.5) is 0 Å². The standard InChI is InChI=1S/C18H28N2O/c1-3-14-8-10-17(11-9-14)20(2)18(21)12-15-6-4-5-7-16(15)13-19/h4-7,14,17H,3,8-13,19H2,1-2H3. The molecule has 1 saturated carbocycles. The van der Waals surface area contributed by atoms with E-state index in [1.54, 1.807) is 0 Å². The van der Waals surface area contributed by atoms with Crippen LogP contribution in [-0.2, 0) is 17.8 Å². The van der Waals surface area contributed by atoms with Crippen LogP contribution in [0.3, 0.4) is 0 Å². The van der Waals surface area contributed by atoms with Crippen molar-refractivity contribution in [2.75, 3.05) is 7.05 Å². The topological polar surface area (TPSA) is 46.3 Å². The number of hydrogen-bond acceptors (Lipinski definition) is 2. The van der Waals surface area contributed by atoms with E-state index in [0.29, 0.717) is 19.0 Å². The minimum absolute atomic E-state index is 0.218. The molecule has 0 aliphatic heterocycles. The van der Waals surface area contributed by atoms with Crippen molar-refractivity contribution in [3.8, 4) is 0 Å². The fourth-order valence-corrected chi connectivity index (χ4v) is 3.36. The number of rotatable bonds is 5. The van der Waals surface area contributed by atoms with Gasteiger partial charge < -0.3 is 10.6 Å². The van der Waals surface area contributed by atoms with E-state index >= 15 is 0 Å². The second-order valence-corrected chi connectivity index (χ2v) is 6.24. The molecule has 1 aromatic rings. The van der Waals surface area contributed by atoms with Gasteiger partial charge in [-0.15, -0.1) is 0 Å². The minimum Gasteiger partial charge on any atom is -0.342 e. The molecule has 0 radical (unpaired) electrons. The van der Waals surface area contributed by atoms with E-state index in [0.717, 1.165) is 29.9 Å². The van der Waals surface area contributed by atoms with Gasteiger partial charge in [0.15, 0.2) is 0 Å². The van der Waals surface area contributed by atoms with E-state index in [2.05, 4.69) is 6.92 Å². The molecule has 1 aromatic carbocycles. The van der Waals surface area contributed by atoms with E-state index in [-0.39, 0.29) is 5.91 Å². The van der Waals surface area contributed by atoms with Crippen LogP contribution in [0.25, 0.3) is 0 Å². The first-order chi connectivity index (χ1) is 10.2. The Hall–Kier alpha value is -1.35. The summed E-state index contributed by atoms with van der Waals surface area (Å²) in [5, 5.41) is 0. The highest BCUT2D eigenvalue weighted by Gasteiger charge is 2.25. The third kappa shape index (κ3) is 4.07. The van der Waals surface area contributed by atoms with E-state index in [9.17, 15) is 4.79 Å². The summed E-state index contributed by atoms with van der Waals surface area (Å²) in [5.41, 5.74) is 7.90. The number of carbonyl (C=O) groups is 1. The van der Waals surface area contributed by atoms with Crippen LogP contribution in [0.15, 0.2) is 24.3 Å². The zero-order chi connectivity index (χ0) is 15.2. The van der Waals surface area contributed by atoms with Crippen LogP contribution in [0.5, 0.6) is 0 Å². The second-order valence-electron chi connectivity index (χ2n) is 6.24. The zero-order valence-electron chi connectivity index (χ0n) is 13.3. The number of benzene rings is 1. The fourth-order valence-electron chi connectivity index (χ4n) is 3.36. The molecule has 21 heavy (non-hydrogen) atoms. The highest BCUT2D eigenvalue weighted by atomic mass is 16.2. The van der Waals surface area contributed by atoms with Crippen molar-refractivity contribution in [1.82, 2.24) is 4.90 Å². The molecule has 1 aliphatic rings. The van der Waals surface area contributed by atoms with Crippen molar-refractivity contribution in [3.63, 3.8) is 0 Å². The third-order valence-electron chi connectivity index (χ3n) is 5.01. The quantitative estimate of drug-likeness (QED) is 0.905. The van der Waals surface area contributed by atoms with Gasteiger partial charge in [0.05, 0.1) is 6.42 Å². The van der Waals surface area contributed by atoms with Crippen LogP contribution in [-0.4, -0.2) is 23.9 Å². The summed E-state index contributed by atoms with van der Waals surface area (Å²) in [4.78, 5) is 14.5. The SMILES string of the molecule is CCC1CCC(N(C)C(=O)Cc2ccccc2CN)CC1. The largest absolute Gasteiger partial charge is 0.342 e. The predicted octanol–water partition coefficient (Wildman–Crippen LogP) is 3.12. The summed E-state index contributed by atoms with van der Waals surface area (Å²) in [6.07, 6.45) is 6.57. The second kappa shape index (κ2) is 7.60. The van der Waals surface area contributed by atoms with Gasteiger partial charge >= 0.3 is 0 Å². The summed E-state index contributed by atoms with van der Waals surface area (Å²) in [5.74, 6) is 1.08. The Balaban J connectivity index is 1.94. The molecule has 116 valence electrons. The van der Waals surface area contributed by atoms with E-state index < -0.39 is 0 Å². The first kappa shape index (κ1) is 16.0. The lowest BCUT2D eigenvalue weighted by Gasteiger charge is -2.34. The number of hydrogen-bond donors (Lipinski definition) is 1. The maximum atomic E-state index is 12.5. The molecule has 0 spiro atoms. The molecule has 0 unspecified atom stereocenters. The van der Waals surface area contributed by atoms with Crippen molar-refractivity contribution in [2.45, 2.75) is 58.0 Å². The maximum Gasteiger partial charge on any atom is 0.226 e. The molecule has 2 rings (SSSR count). The summed E-state index contributed by atoms with van der Waals surface area (Å²) < 4.78 is 0. The molecule has 0 saturated heterocycles. The van der Waals surface area contributed by atoms with Gasteiger partial charge in [-0.25, -0.2) is 0 Å². The Morgan fingerprint density at radius 2 is 1.81 bits per heavy atom. The Morgan fingerprint density at radius 3 is 2.38 bits per heavy atom. The number of amides is 1. The van der Waals surface area contributed by atoms with Gasteiger partial charge in [0.2, 0.25) is 5.91 Å². The van der Waals surface area contributed by atoms with Crippen molar-refractivity contribution in [1.29, 1.82) is 0 Å². The van der Waals surface area contributed by atoms with Gasteiger partial charge in [-0.3, -0.25) is 4.79 Å². The monoisotopic (exact) mass is 288 g/mol. The van der Waals surface area contributed by atoms with Gasteiger partial charge in [-0.05, 0) is 42.7 Å². The molecule has 0 atom stereocenters. The summed E-state index contributed by atoms with van der Waals surface area (Å²) >= 11 is 0. The van der Waals surface area contributed by atoms with E-state index in [4.69, 9.17) is 5.73 Å². The van der Waals surface area contributed by atoms with E-state index in [1.807, 2.05) is 36.2 Å². The fraction of sp³-hybridized carbons (Fsp3) is 0.611. The van der Waals surface area contributed by atoms with Gasteiger partial charge in [0.25, 0.3) is 0 Å². The van der Waals surface area contributed by atoms with Crippen LogP contribution in [0, 0.1) is 5.92 Å². The van der Waals surface area contributed by atoms with Crippen LogP contribution in [0.1, 0.15) is 50.2 Å². The van der Waals surface area contributed by atoms with Gasteiger partial charge in [-0.1, -0.05) is 37.6 Å². The first-order valence-corrected chi connectivity index (χ1v) is 8.18. The normalized spacial score (nSPS) is 22.0.